The van der Waals surface area contributed by atoms with Crippen LogP contribution >= 0.6 is 0 Å². The number of carboxylic acids is 1. The average molecular weight is 534 g/mol. The summed E-state index contributed by atoms with van der Waals surface area (Å²) in [6.07, 6.45) is 1.71. The summed E-state index contributed by atoms with van der Waals surface area (Å²) in [6.45, 7) is 6.51. The number of rotatable bonds is 14. The van der Waals surface area contributed by atoms with E-state index in [1.807, 2.05) is 0 Å². The van der Waals surface area contributed by atoms with Gasteiger partial charge in [0.1, 0.15) is 28.8 Å². The molecule has 2 rings (SSSR count). The van der Waals surface area contributed by atoms with E-state index < -0.39 is 29.6 Å². The summed E-state index contributed by atoms with van der Waals surface area (Å²) in [5.74, 6) is -1.46. The third-order valence-corrected chi connectivity index (χ3v) is 5.01. The number of amides is 2. The molecule has 1 atom stereocenters. The van der Waals surface area contributed by atoms with Crippen molar-refractivity contribution in [3.8, 4) is 0 Å². The Morgan fingerprint density at radius 3 is 2.42 bits per heavy atom. The molecule has 1 aromatic heterocycles. The van der Waals surface area contributed by atoms with Gasteiger partial charge in [-0.2, -0.15) is 4.98 Å². The first-order chi connectivity index (χ1) is 18.0. The lowest BCUT2D eigenvalue weighted by atomic mass is 10.1. The molecule has 0 fully saturated rings. The quantitative estimate of drug-likeness (QED) is 0.197. The molecular formula is C25H36FN7O5. The summed E-state index contributed by atoms with van der Waals surface area (Å²) in [6, 6.07) is 4.60. The van der Waals surface area contributed by atoms with Gasteiger partial charge in [0, 0.05) is 25.8 Å². The van der Waals surface area contributed by atoms with Gasteiger partial charge in [-0.3, -0.25) is 4.79 Å². The molecule has 0 bridgehead atoms. The molecule has 208 valence electrons. The number of carbonyl (C=O) groups is 3. The van der Waals surface area contributed by atoms with Gasteiger partial charge < -0.3 is 36.8 Å². The Labute approximate surface area is 220 Å². The lowest BCUT2D eigenvalue weighted by molar-refractivity contribution is -0.139. The molecule has 0 spiro atoms. The number of halogens is 1. The van der Waals surface area contributed by atoms with Crippen LogP contribution in [0.5, 0.6) is 0 Å². The second-order valence-electron chi connectivity index (χ2n) is 9.44. The van der Waals surface area contributed by atoms with Crippen LogP contribution in [0.4, 0.5) is 21.0 Å². The number of ether oxygens (including phenoxy) is 1. The normalized spacial score (nSPS) is 11.8. The number of carbonyl (C=O) groups excluding carboxylic acids is 2. The van der Waals surface area contributed by atoms with Gasteiger partial charge in [0.25, 0.3) is 5.91 Å². The fourth-order valence-corrected chi connectivity index (χ4v) is 3.17. The predicted octanol–water partition coefficient (Wildman–Crippen LogP) is 2.48. The van der Waals surface area contributed by atoms with E-state index in [0.29, 0.717) is 37.4 Å². The molecule has 1 aromatic carbocycles. The molecule has 12 nitrogen and oxygen atoms in total. The molecule has 2 amide bonds. The van der Waals surface area contributed by atoms with Crippen molar-refractivity contribution in [1.82, 2.24) is 20.6 Å². The Hall–Kier alpha value is -4.00. The monoisotopic (exact) mass is 533 g/mol. The van der Waals surface area contributed by atoms with Gasteiger partial charge in [0.05, 0.1) is 0 Å². The molecule has 1 unspecified atom stereocenters. The maximum absolute atomic E-state index is 13.1. The van der Waals surface area contributed by atoms with Crippen LogP contribution in [0, 0.1) is 5.82 Å². The fourth-order valence-electron chi connectivity index (χ4n) is 3.17. The zero-order valence-corrected chi connectivity index (χ0v) is 21.8. The molecule has 0 aliphatic heterocycles. The minimum Gasteiger partial charge on any atom is -0.480 e. The van der Waals surface area contributed by atoms with Crippen LogP contribution in [0.3, 0.4) is 0 Å². The minimum absolute atomic E-state index is 0.111. The Morgan fingerprint density at radius 2 is 1.79 bits per heavy atom. The van der Waals surface area contributed by atoms with Crippen molar-refractivity contribution >= 4 is 29.7 Å². The molecule has 2 aromatic rings. The van der Waals surface area contributed by atoms with Crippen LogP contribution in [0.25, 0.3) is 0 Å². The highest BCUT2D eigenvalue weighted by molar-refractivity contribution is 5.98. The SMILES string of the molecule is CC(C)(C)OC(=O)NC(CCCNc1nc(NCCCN)ncc1C(=O)NCc1ccc(F)cc1)C(=O)O. The number of carboxylic acid groups (broad SMARTS) is 1. The number of aromatic nitrogens is 2. The number of benzene rings is 1. The Morgan fingerprint density at radius 1 is 1.11 bits per heavy atom. The number of anilines is 2. The summed E-state index contributed by atoms with van der Waals surface area (Å²) in [4.78, 5) is 45.0. The number of alkyl carbamates (subject to hydrolysis) is 1. The lowest BCUT2D eigenvalue weighted by Gasteiger charge is -2.22. The van der Waals surface area contributed by atoms with Crippen LogP contribution < -0.4 is 27.0 Å². The summed E-state index contributed by atoms with van der Waals surface area (Å²) in [5.41, 5.74) is 5.66. The van der Waals surface area contributed by atoms with Crippen LogP contribution in [0.2, 0.25) is 0 Å². The molecular weight excluding hydrogens is 497 g/mol. The van der Waals surface area contributed by atoms with Crippen molar-refractivity contribution in [3.63, 3.8) is 0 Å². The van der Waals surface area contributed by atoms with Crippen molar-refractivity contribution < 1.29 is 28.6 Å². The van der Waals surface area contributed by atoms with Crippen molar-refractivity contribution in [3.05, 3.63) is 47.4 Å². The number of aliphatic carboxylic acids is 1. The zero-order valence-electron chi connectivity index (χ0n) is 21.8. The van der Waals surface area contributed by atoms with Crippen LogP contribution in [0.1, 0.15) is 56.0 Å². The average Bonchev–Trinajstić information content (AvgIpc) is 2.84. The molecule has 0 aliphatic rings. The molecule has 13 heteroatoms. The molecule has 0 saturated carbocycles. The standard InChI is InChI=1S/C25H36FN7O5/c1-25(2,3)38-24(37)32-19(22(35)36)6-4-12-28-20-18(15-31-23(33-20)29-13-5-11-27)21(34)30-14-16-7-9-17(26)10-8-16/h7-10,15,19H,4-6,11-14,27H2,1-3H3,(H,30,34)(H,32,37)(H,35,36)(H2,28,29,31,33). The zero-order chi connectivity index (χ0) is 28.1. The van der Waals surface area contributed by atoms with Gasteiger partial charge >= 0.3 is 12.1 Å². The largest absolute Gasteiger partial charge is 0.480 e. The predicted molar refractivity (Wildman–Crippen MR) is 140 cm³/mol. The molecule has 0 radical (unpaired) electrons. The number of nitrogens with two attached hydrogens (primary N) is 1. The topological polar surface area (TPSA) is 181 Å². The van der Waals surface area contributed by atoms with E-state index in [1.54, 1.807) is 32.9 Å². The van der Waals surface area contributed by atoms with Crippen LogP contribution in [-0.4, -0.2) is 64.3 Å². The first-order valence-electron chi connectivity index (χ1n) is 12.3. The van der Waals surface area contributed by atoms with E-state index in [4.69, 9.17) is 10.5 Å². The molecule has 0 aliphatic carbocycles. The highest BCUT2D eigenvalue weighted by Crippen LogP contribution is 2.15. The fraction of sp³-hybridized carbons (Fsp3) is 0.480. The van der Waals surface area contributed by atoms with Crippen LogP contribution in [0.15, 0.2) is 30.5 Å². The number of nitrogens with one attached hydrogen (secondary N) is 4. The number of nitrogens with zero attached hydrogens (tertiary/aromatic N) is 2. The molecule has 0 saturated heterocycles. The highest BCUT2D eigenvalue weighted by Gasteiger charge is 2.23. The van der Waals surface area contributed by atoms with Gasteiger partial charge in [-0.15, -0.1) is 0 Å². The maximum Gasteiger partial charge on any atom is 0.408 e. The van der Waals surface area contributed by atoms with Gasteiger partial charge in [-0.25, -0.2) is 19.0 Å². The molecule has 7 N–H and O–H groups in total. The van der Waals surface area contributed by atoms with E-state index in [-0.39, 0.29) is 36.7 Å². The Bertz CT molecular complexity index is 1080. The van der Waals surface area contributed by atoms with Gasteiger partial charge in [-0.1, -0.05) is 12.1 Å². The Balaban J connectivity index is 2.03. The van der Waals surface area contributed by atoms with Gasteiger partial charge in [0.15, 0.2) is 0 Å². The summed E-state index contributed by atoms with van der Waals surface area (Å²) in [7, 11) is 0. The second kappa shape index (κ2) is 14.7. The highest BCUT2D eigenvalue weighted by atomic mass is 19.1. The lowest BCUT2D eigenvalue weighted by Crippen LogP contribution is -2.43. The second-order valence-corrected chi connectivity index (χ2v) is 9.44. The van der Waals surface area contributed by atoms with Crippen molar-refractivity contribution in [2.75, 3.05) is 30.3 Å². The first kappa shape index (κ1) is 30.2. The Kier molecular flexibility index (Phi) is 11.7. The smallest absolute Gasteiger partial charge is 0.408 e. The minimum atomic E-state index is -1.19. The van der Waals surface area contributed by atoms with E-state index in [1.165, 1.54) is 18.3 Å². The van der Waals surface area contributed by atoms with Gasteiger partial charge in [0.2, 0.25) is 5.95 Å². The van der Waals surface area contributed by atoms with Crippen molar-refractivity contribution in [2.24, 2.45) is 5.73 Å². The van der Waals surface area contributed by atoms with Gasteiger partial charge in [-0.05, 0) is 64.3 Å². The summed E-state index contributed by atoms with van der Waals surface area (Å²) < 4.78 is 18.3. The third kappa shape index (κ3) is 10.9. The third-order valence-electron chi connectivity index (χ3n) is 5.01. The summed E-state index contributed by atoms with van der Waals surface area (Å²) in [5, 5.41) is 20.6. The molecule has 38 heavy (non-hydrogen) atoms. The van der Waals surface area contributed by atoms with E-state index in [2.05, 4.69) is 31.2 Å². The van der Waals surface area contributed by atoms with Crippen LogP contribution in [-0.2, 0) is 16.1 Å². The maximum atomic E-state index is 13.1. The van der Waals surface area contributed by atoms with E-state index in [0.717, 1.165) is 0 Å². The van der Waals surface area contributed by atoms with E-state index in [9.17, 15) is 23.9 Å². The van der Waals surface area contributed by atoms with Crippen molar-refractivity contribution in [2.45, 2.75) is 58.2 Å². The number of hydrogen-bond donors (Lipinski definition) is 6. The number of hydrogen-bond acceptors (Lipinski definition) is 9. The van der Waals surface area contributed by atoms with Crippen molar-refractivity contribution in [1.29, 1.82) is 0 Å². The van der Waals surface area contributed by atoms with E-state index >= 15 is 0 Å². The first-order valence-corrected chi connectivity index (χ1v) is 12.3. The molecule has 1 heterocycles. The summed E-state index contributed by atoms with van der Waals surface area (Å²) >= 11 is 0.